The third-order valence-electron chi connectivity index (χ3n) is 4.40. The number of fused-ring (bicyclic) bond motifs is 1. The normalized spacial score (nSPS) is 16.0. The second kappa shape index (κ2) is 6.92. The van der Waals surface area contributed by atoms with Crippen LogP contribution in [-0.4, -0.2) is 46.7 Å². The lowest BCUT2D eigenvalue weighted by atomic mass is 10.0. The average molecular weight is 300 g/mol. The fourth-order valence-electron chi connectivity index (χ4n) is 3.27. The maximum atomic E-state index is 12.8. The summed E-state index contributed by atoms with van der Waals surface area (Å²) in [5.74, 6) is 0.211. The molecule has 0 atom stereocenters. The Labute approximate surface area is 131 Å². The minimum Gasteiger partial charge on any atom is -0.339 e. The van der Waals surface area contributed by atoms with Gasteiger partial charge in [0.1, 0.15) is 0 Å². The van der Waals surface area contributed by atoms with E-state index in [9.17, 15) is 4.79 Å². The van der Waals surface area contributed by atoms with Gasteiger partial charge < -0.3 is 10.2 Å². The van der Waals surface area contributed by atoms with Crippen molar-refractivity contribution in [1.82, 2.24) is 20.4 Å². The molecule has 2 aromatic rings. The Hall–Kier alpha value is -1.88. The maximum absolute atomic E-state index is 12.8. The van der Waals surface area contributed by atoms with Gasteiger partial charge in [-0.05, 0) is 38.4 Å². The van der Waals surface area contributed by atoms with Crippen LogP contribution >= 0.6 is 0 Å². The molecule has 1 aliphatic rings. The molecule has 1 fully saturated rings. The number of nitrogens with zero attached hydrogens (tertiary/aromatic N) is 2. The van der Waals surface area contributed by atoms with E-state index in [2.05, 4.69) is 27.3 Å². The predicted octanol–water partition coefficient (Wildman–Crippen LogP) is 2.10. The number of amides is 1. The van der Waals surface area contributed by atoms with Crippen LogP contribution in [0.2, 0.25) is 0 Å². The highest BCUT2D eigenvalue weighted by Crippen LogP contribution is 2.18. The van der Waals surface area contributed by atoms with Crippen LogP contribution in [0.15, 0.2) is 24.3 Å². The zero-order valence-corrected chi connectivity index (χ0v) is 13.1. The first-order valence-corrected chi connectivity index (χ1v) is 8.21. The van der Waals surface area contributed by atoms with Crippen LogP contribution in [0, 0.1) is 0 Å². The van der Waals surface area contributed by atoms with Crippen LogP contribution < -0.4 is 5.32 Å². The Bertz CT molecular complexity index is 630. The minimum atomic E-state index is 0.211. The van der Waals surface area contributed by atoms with Gasteiger partial charge in [0.15, 0.2) is 0 Å². The van der Waals surface area contributed by atoms with Gasteiger partial charge in [0.05, 0.1) is 17.6 Å². The van der Waals surface area contributed by atoms with Crippen molar-refractivity contribution < 1.29 is 4.79 Å². The fourth-order valence-corrected chi connectivity index (χ4v) is 3.27. The highest BCUT2D eigenvalue weighted by atomic mass is 16.2. The first-order chi connectivity index (χ1) is 10.8. The Kier molecular flexibility index (Phi) is 4.73. The standard InChI is InChI=1S/C17H24N4O/c1-2-11-21(13-7-9-18-10-8-13)17(22)12-16-14-5-3-4-6-15(14)19-20-16/h3-6,13,18H,2,7-12H2,1H3,(H,19,20). The molecule has 0 unspecified atom stereocenters. The van der Waals surface area contributed by atoms with E-state index in [1.807, 2.05) is 24.3 Å². The molecule has 2 N–H and O–H groups in total. The van der Waals surface area contributed by atoms with E-state index in [1.54, 1.807) is 0 Å². The lowest BCUT2D eigenvalue weighted by molar-refractivity contribution is -0.133. The van der Waals surface area contributed by atoms with E-state index in [4.69, 9.17) is 0 Å². The first-order valence-electron chi connectivity index (χ1n) is 8.21. The molecule has 1 aromatic carbocycles. The quantitative estimate of drug-likeness (QED) is 0.889. The molecule has 118 valence electrons. The van der Waals surface area contributed by atoms with Crippen molar-refractivity contribution in [3.63, 3.8) is 0 Å². The summed E-state index contributed by atoms with van der Waals surface area (Å²) in [5, 5.41) is 11.7. The summed E-state index contributed by atoms with van der Waals surface area (Å²) in [5.41, 5.74) is 1.85. The molecule has 22 heavy (non-hydrogen) atoms. The number of piperidine rings is 1. The predicted molar refractivity (Wildman–Crippen MR) is 87.7 cm³/mol. The zero-order valence-electron chi connectivity index (χ0n) is 13.1. The molecule has 3 rings (SSSR count). The van der Waals surface area contributed by atoms with Crippen LogP contribution in [-0.2, 0) is 11.2 Å². The van der Waals surface area contributed by atoms with Crippen LogP contribution in [0.5, 0.6) is 0 Å². The molecule has 0 saturated carbocycles. The number of aromatic nitrogens is 2. The van der Waals surface area contributed by atoms with Gasteiger partial charge in [-0.2, -0.15) is 5.10 Å². The number of aromatic amines is 1. The number of carbonyl (C=O) groups is 1. The number of H-pyrrole nitrogens is 1. The van der Waals surface area contributed by atoms with Crippen molar-refractivity contribution in [3.05, 3.63) is 30.0 Å². The summed E-state index contributed by atoms with van der Waals surface area (Å²) in [7, 11) is 0. The zero-order chi connectivity index (χ0) is 15.4. The molecular weight excluding hydrogens is 276 g/mol. The molecule has 1 saturated heterocycles. The van der Waals surface area contributed by atoms with Crippen LogP contribution in [0.3, 0.4) is 0 Å². The molecule has 1 aliphatic heterocycles. The SMILES string of the molecule is CCCN(C(=O)Cc1[nH]nc2ccccc12)C1CCNCC1. The van der Waals surface area contributed by atoms with Gasteiger partial charge in [0.25, 0.3) is 0 Å². The number of benzene rings is 1. The summed E-state index contributed by atoms with van der Waals surface area (Å²) in [6, 6.07) is 8.32. The Morgan fingerprint density at radius 3 is 2.86 bits per heavy atom. The molecule has 0 aliphatic carbocycles. The topological polar surface area (TPSA) is 61.0 Å². The van der Waals surface area contributed by atoms with Gasteiger partial charge in [-0.25, -0.2) is 0 Å². The van der Waals surface area contributed by atoms with E-state index < -0.39 is 0 Å². The summed E-state index contributed by atoms with van der Waals surface area (Å²) >= 11 is 0. The summed E-state index contributed by atoms with van der Waals surface area (Å²) in [6.45, 7) is 4.98. The number of rotatable bonds is 5. The maximum Gasteiger partial charge on any atom is 0.228 e. The molecule has 0 radical (unpaired) electrons. The molecule has 1 aromatic heterocycles. The van der Waals surface area contributed by atoms with Gasteiger partial charge >= 0.3 is 0 Å². The van der Waals surface area contributed by atoms with Crippen molar-refractivity contribution in [2.24, 2.45) is 0 Å². The Morgan fingerprint density at radius 1 is 1.32 bits per heavy atom. The molecule has 0 spiro atoms. The summed E-state index contributed by atoms with van der Waals surface area (Å²) < 4.78 is 0. The minimum absolute atomic E-state index is 0.211. The van der Waals surface area contributed by atoms with Gasteiger partial charge in [0, 0.05) is 18.0 Å². The van der Waals surface area contributed by atoms with E-state index >= 15 is 0 Å². The van der Waals surface area contributed by atoms with Crippen molar-refractivity contribution in [3.8, 4) is 0 Å². The highest BCUT2D eigenvalue weighted by Gasteiger charge is 2.25. The highest BCUT2D eigenvalue weighted by molar-refractivity contribution is 5.87. The number of hydrogen-bond acceptors (Lipinski definition) is 3. The second-order valence-corrected chi connectivity index (χ2v) is 5.96. The van der Waals surface area contributed by atoms with Gasteiger partial charge in [-0.15, -0.1) is 0 Å². The van der Waals surface area contributed by atoms with Crippen molar-refractivity contribution in [2.45, 2.75) is 38.6 Å². The third kappa shape index (κ3) is 3.14. The van der Waals surface area contributed by atoms with Crippen LogP contribution in [0.25, 0.3) is 10.9 Å². The van der Waals surface area contributed by atoms with E-state index in [0.717, 1.165) is 55.5 Å². The second-order valence-electron chi connectivity index (χ2n) is 5.96. The summed E-state index contributed by atoms with van der Waals surface area (Å²) in [6.07, 6.45) is 3.51. The Morgan fingerprint density at radius 2 is 2.09 bits per heavy atom. The molecule has 2 heterocycles. The first kappa shape index (κ1) is 15.0. The lowest BCUT2D eigenvalue weighted by Gasteiger charge is -2.34. The lowest BCUT2D eigenvalue weighted by Crippen LogP contribution is -2.47. The monoisotopic (exact) mass is 300 g/mol. The molecule has 5 heteroatoms. The number of para-hydroxylation sites is 1. The van der Waals surface area contributed by atoms with Crippen LogP contribution in [0.4, 0.5) is 0 Å². The molecular formula is C17H24N4O. The summed E-state index contributed by atoms with van der Waals surface area (Å²) in [4.78, 5) is 14.9. The number of hydrogen-bond donors (Lipinski definition) is 2. The van der Waals surface area contributed by atoms with E-state index in [0.29, 0.717) is 12.5 Å². The van der Waals surface area contributed by atoms with E-state index in [1.165, 1.54) is 0 Å². The average Bonchev–Trinajstić information content (AvgIpc) is 2.96. The largest absolute Gasteiger partial charge is 0.339 e. The van der Waals surface area contributed by atoms with Gasteiger partial charge in [-0.1, -0.05) is 25.1 Å². The molecule has 1 amide bonds. The third-order valence-corrected chi connectivity index (χ3v) is 4.40. The van der Waals surface area contributed by atoms with Crippen molar-refractivity contribution in [2.75, 3.05) is 19.6 Å². The molecule has 0 bridgehead atoms. The van der Waals surface area contributed by atoms with Crippen LogP contribution in [0.1, 0.15) is 31.9 Å². The van der Waals surface area contributed by atoms with Crippen molar-refractivity contribution >= 4 is 16.8 Å². The van der Waals surface area contributed by atoms with Crippen molar-refractivity contribution in [1.29, 1.82) is 0 Å². The number of nitrogens with one attached hydrogen (secondary N) is 2. The molecule has 5 nitrogen and oxygen atoms in total. The van der Waals surface area contributed by atoms with E-state index in [-0.39, 0.29) is 5.91 Å². The van der Waals surface area contributed by atoms with Gasteiger partial charge in [0.2, 0.25) is 5.91 Å². The Balaban J connectivity index is 1.75. The smallest absolute Gasteiger partial charge is 0.228 e. The fraction of sp³-hybridized carbons (Fsp3) is 0.529. The number of carbonyl (C=O) groups excluding carboxylic acids is 1. The van der Waals surface area contributed by atoms with Gasteiger partial charge in [-0.3, -0.25) is 9.89 Å².